The second kappa shape index (κ2) is 8.33. The molecule has 2 aromatic carbocycles. The molecule has 0 unspecified atom stereocenters. The van der Waals surface area contributed by atoms with E-state index in [4.69, 9.17) is 0 Å². The SMILES string of the molecule is O=C(CSc1nc2ccsc2c(=O)n1-c1ccccc1F)Nc1ccc(F)cc1F. The molecule has 0 aliphatic rings. The van der Waals surface area contributed by atoms with Gasteiger partial charge >= 0.3 is 0 Å². The minimum atomic E-state index is -0.908. The van der Waals surface area contributed by atoms with Crippen LogP contribution < -0.4 is 10.9 Å². The van der Waals surface area contributed by atoms with Crippen molar-refractivity contribution in [2.75, 3.05) is 11.1 Å². The number of thiophene rings is 1. The number of carbonyl (C=O) groups is 1. The molecule has 0 spiro atoms. The number of aromatic nitrogens is 2. The fraction of sp³-hybridized carbons (Fsp3) is 0.0500. The monoisotopic (exact) mass is 447 g/mol. The van der Waals surface area contributed by atoms with E-state index in [9.17, 15) is 22.8 Å². The molecule has 2 heterocycles. The van der Waals surface area contributed by atoms with Gasteiger partial charge in [0.2, 0.25) is 5.91 Å². The predicted octanol–water partition coefficient (Wildman–Crippen LogP) is 4.60. The number of anilines is 1. The quantitative estimate of drug-likeness (QED) is 0.359. The minimum absolute atomic E-state index is 0.0118. The Kier molecular flexibility index (Phi) is 5.60. The molecule has 5 nitrogen and oxygen atoms in total. The van der Waals surface area contributed by atoms with Gasteiger partial charge in [0.1, 0.15) is 22.2 Å². The summed E-state index contributed by atoms with van der Waals surface area (Å²) in [6.45, 7) is 0. The van der Waals surface area contributed by atoms with Gasteiger partial charge in [-0.2, -0.15) is 0 Å². The van der Waals surface area contributed by atoms with E-state index in [2.05, 4.69) is 10.3 Å². The summed E-state index contributed by atoms with van der Waals surface area (Å²) in [7, 11) is 0. The number of thioether (sulfide) groups is 1. The molecule has 2 aromatic heterocycles. The van der Waals surface area contributed by atoms with Crippen LogP contribution in [-0.2, 0) is 4.79 Å². The van der Waals surface area contributed by atoms with Crippen molar-refractivity contribution >= 4 is 44.9 Å². The lowest BCUT2D eigenvalue weighted by Gasteiger charge is -2.13. The van der Waals surface area contributed by atoms with Gasteiger partial charge in [0.25, 0.3) is 5.56 Å². The number of amides is 1. The maximum absolute atomic E-state index is 14.4. The summed E-state index contributed by atoms with van der Waals surface area (Å²) in [6, 6.07) is 10.2. The number of benzene rings is 2. The predicted molar refractivity (Wildman–Crippen MR) is 111 cm³/mol. The summed E-state index contributed by atoms with van der Waals surface area (Å²) in [5, 5.41) is 4.15. The summed E-state index contributed by atoms with van der Waals surface area (Å²) < 4.78 is 42.6. The van der Waals surface area contributed by atoms with Crippen molar-refractivity contribution in [2.45, 2.75) is 5.16 Å². The number of rotatable bonds is 5. The highest BCUT2D eigenvalue weighted by Gasteiger charge is 2.18. The molecule has 4 aromatic rings. The van der Waals surface area contributed by atoms with E-state index in [1.54, 1.807) is 17.5 Å². The third-order valence-electron chi connectivity index (χ3n) is 4.08. The second-order valence-electron chi connectivity index (χ2n) is 6.08. The molecule has 0 aliphatic carbocycles. The third kappa shape index (κ3) is 3.96. The molecule has 0 saturated heterocycles. The average molecular weight is 447 g/mol. The Morgan fingerprint density at radius 2 is 1.90 bits per heavy atom. The largest absolute Gasteiger partial charge is 0.323 e. The number of fused-ring (bicyclic) bond motifs is 1. The molecule has 0 atom stereocenters. The van der Waals surface area contributed by atoms with Crippen LogP contribution in [0.15, 0.2) is 63.9 Å². The van der Waals surface area contributed by atoms with E-state index >= 15 is 0 Å². The number of nitrogens with zero attached hydrogens (tertiary/aromatic N) is 2. The fourth-order valence-corrected chi connectivity index (χ4v) is 4.31. The van der Waals surface area contributed by atoms with Gasteiger partial charge in [0, 0.05) is 6.07 Å². The molecule has 0 radical (unpaired) electrons. The second-order valence-corrected chi connectivity index (χ2v) is 7.94. The summed E-state index contributed by atoms with van der Waals surface area (Å²) in [6.07, 6.45) is 0. The van der Waals surface area contributed by atoms with E-state index < -0.39 is 28.9 Å². The number of hydrogen-bond donors (Lipinski definition) is 1. The summed E-state index contributed by atoms with van der Waals surface area (Å²) in [5.41, 5.74) is -0.176. The molecule has 1 N–H and O–H groups in total. The van der Waals surface area contributed by atoms with Gasteiger partial charge in [-0.05, 0) is 35.7 Å². The Bertz CT molecular complexity index is 1320. The first kappa shape index (κ1) is 20.2. The van der Waals surface area contributed by atoms with Crippen LogP contribution >= 0.6 is 23.1 Å². The molecule has 0 fully saturated rings. The standard InChI is InChI=1S/C20H12F3N3O2S2/c21-11-5-6-14(13(23)9-11)24-17(27)10-30-20-25-15-7-8-29-18(15)19(28)26(20)16-4-2-1-3-12(16)22/h1-9H,10H2,(H,24,27). The van der Waals surface area contributed by atoms with Crippen LogP contribution in [0.5, 0.6) is 0 Å². The van der Waals surface area contributed by atoms with Crippen LogP contribution in [0.3, 0.4) is 0 Å². The van der Waals surface area contributed by atoms with Crippen LogP contribution in [0, 0.1) is 17.5 Å². The molecular weight excluding hydrogens is 435 g/mol. The molecule has 0 bridgehead atoms. The van der Waals surface area contributed by atoms with Gasteiger partial charge in [-0.25, -0.2) is 18.2 Å². The molecular formula is C20H12F3N3O2S2. The molecule has 30 heavy (non-hydrogen) atoms. The highest BCUT2D eigenvalue weighted by atomic mass is 32.2. The molecule has 1 amide bonds. The lowest BCUT2D eigenvalue weighted by atomic mass is 10.3. The van der Waals surface area contributed by atoms with E-state index in [1.165, 1.54) is 29.5 Å². The summed E-state index contributed by atoms with van der Waals surface area (Å²) in [5.74, 6) is -3.10. The highest BCUT2D eigenvalue weighted by molar-refractivity contribution is 7.99. The maximum atomic E-state index is 14.4. The van der Waals surface area contributed by atoms with Crippen LogP contribution in [0.25, 0.3) is 15.9 Å². The number of halogens is 3. The minimum Gasteiger partial charge on any atom is -0.323 e. The van der Waals surface area contributed by atoms with E-state index in [0.29, 0.717) is 16.3 Å². The normalized spacial score (nSPS) is 11.0. The third-order valence-corrected chi connectivity index (χ3v) is 5.91. The number of para-hydroxylation sites is 1. The first-order valence-corrected chi connectivity index (χ1v) is 10.4. The Balaban J connectivity index is 1.65. The zero-order valence-corrected chi connectivity index (χ0v) is 16.7. The molecule has 4 rings (SSSR count). The van der Waals surface area contributed by atoms with Gasteiger partial charge in [-0.15, -0.1) is 11.3 Å². The van der Waals surface area contributed by atoms with Crippen molar-refractivity contribution < 1.29 is 18.0 Å². The number of hydrogen-bond acceptors (Lipinski definition) is 5. The summed E-state index contributed by atoms with van der Waals surface area (Å²) in [4.78, 5) is 29.6. The van der Waals surface area contributed by atoms with Gasteiger partial charge in [-0.1, -0.05) is 23.9 Å². The fourth-order valence-electron chi connectivity index (χ4n) is 2.74. The van der Waals surface area contributed by atoms with Crippen molar-refractivity contribution in [3.8, 4) is 5.69 Å². The Labute approximate surface area is 176 Å². The Hall–Kier alpha value is -3.11. The van der Waals surface area contributed by atoms with Crippen molar-refractivity contribution in [3.05, 3.63) is 81.7 Å². The zero-order valence-electron chi connectivity index (χ0n) is 15.1. The number of carbonyl (C=O) groups excluding carboxylic acids is 1. The molecule has 0 aliphatic heterocycles. The summed E-state index contributed by atoms with van der Waals surface area (Å²) >= 11 is 2.09. The van der Waals surface area contributed by atoms with Gasteiger partial charge in [-0.3, -0.25) is 14.2 Å². The van der Waals surface area contributed by atoms with Crippen molar-refractivity contribution in [1.29, 1.82) is 0 Å². The van der Waals surface area contributed by atoms with Crippen molar-refractivity contribution in [3.63, 3.8) is 0 Å². The lowest BCUT2D eigenvalue weighted by Crippen LogP contribution is -2.23. The van der Waals surface area contributed by atoms with Gasteiger partial charge in [0.05, 0.1) is 22.6 Å². The van der Waals surface area contributed by atoms with Crippen molar-refractivity contribution in [2.24, 2.45) is 0 Å². The first-order chi connectivity index (χ1) is 14.4. The maximum Gasteiger partial charge on any atom is 0.276 e. The van der Waals surface area contributed by atoms with Gasteiger partial charge in [0.15, 0.2) is 5.16 Å². The van der Waals surface area contributed by atoms with Crippen molar-refractivity contribution in [1.82, 2.24) is 9.55 Å². The smallest absolute Gasteiger partial charge is 0.276 e. The first-order valence-electron chi connectivity index (χ1n) is 8.57. The zero-order chi connectivity index (χ0) is 21.3. The lowest BCUT2D eigenvalue weighted by molar-refractivity contribution is -0.113. The molecule has 0 saturated carbocycles. The highest BCUT2D eigenvalue weighted by Crippen LogP contribution is 2.25. The van der Waals surface area contributed by atoms with Crippen LogP contribution in [-0.4, -0.2) is 21.2 Å². The Morgan fingerprint density at radius 3 is 2.67 bits per heavy atom. The number of nitrogens with one attached hydrogen (secondary N) is 1. The van der Waals surface area contributed by atoms with Crippen LogP contribution in [0.1, 0.15) is 0 Å². The van der Waals surface area contributed by atoms with E-state index in [-0.39, 0.29) is 22.3 Å². The Morgan fingerprint density at radius 1 is 1.10 bits per heavy atom. The van der Waals surface area contributed by atoms with Gasteiger partial charge < -0.3 is 5.32 Å². The van der Waals surface area contributed by atoms with Crippen LogP contribution in [0.2, 0.25) is 0 Å². The van der Waals surface area contributed by atoms with E-state index in [0.717, 1.165) is 28.5 Å². The molecule has 152 valence electrons. The van der Waals surface area contributed by atoms with E-state index in [1.807, 2.05) is 0 Å². The average Bonchev–Trinajstić information content (AvgIpc) is 3.18. The van der Waals surface area contributed by atoms with Crippen LogP contribution in [0.4, 0.5) is 18.9 Å². The molecule has 10 heteroatoms. The topological polar surface area (TPSA) is 64.0 Å².